The molecule has 3 rings (SSSR count). The van der Waals surface area contributed by atoms with Gasteiger partial charge in [0.2, 0.25) is 10.0 Å². The fourth-order valence-corrected chi connectivity index (χ4v) is 5.62. The molecule has 1 atom stereocenters. The average molecular weight is 443 g/mol. The third kappa shape index (κ3) is 5.36. The van der Waals surface area contributed by atoms with Crippen LogP contribution in [-0.4, -0.2) is 31.7 Å². The van der Waals surface area contributed by atoms with Crippen molar-refractivity contribution >= 4 is 15.9 Å². The number of benzene rings is 2. The van der Waals surface area contributed by atoms with Gasteiger partial charge in [0.1, 0.15) is 0 Å². The highest BCUT2D eigenvalue weighted by atomic mass is 32.2. The normalized spacial score (nSPS) is 16.5. The molecule has 0 unspecified atom stereocenters. The Balaban J connectivity index is 1.86. The van der Waals surface area contributed by atoms with Crippen molar-refractivity contribution in [3.05, 3.63) is 64.2 Å². The molecule has 168 valence electrons. The number of rotatable bonds is 6. The molecule has 0 aliphatic carbocycles. The summed E-state index contributed by atoms with van der Waals surface area (Å²) in [5, 5.41) is 3.11. The maximum Gasteiger partial charge on any atom is 0.252 e. The van der Waals surface area contributed by atoms with Crippen molar-refractivity contribution in [3.8, 4) is 0 Å². The highest BCUT2D eigenvalue weighted by molar-refractivity contribution is 7.89. The van der Waals surface area contributed by atoms with Crippen molar-refractivity contribution in [2.75, 3.05) is 13.1 Å². The van der Waals surface area contributed by atoms with Gasteiger partial charge in [-0.2, -0.15) is 4.31 Å². The number of aryl methyl sites for hydroxylation is 3. The minimum atomic E-state index is -3.60. The number of sulfonamides is 1. The number of amides is 1. The van der Waals surface area contributed by atoms with Gasteiger partial charge in [0.05, 0.1) is 10.9 Å². The summed E-state index contributed by atoms with van der Waals surface area (Å²) in [6, 6.07) is 11.0. The van der Waals surface area contributed by atoms with Crippen molar-refractivity contribution in [1.82, 2.24) is 9.62 Å². The van der Waals surface area contributed by atoms with E-state index in [4.69, 9.17) is 0 Å². The Kier molecular flexibility index (Phi) is 7.55. The Bertz CT molecular complexity index is 1040. The summed E-state index contributed by atoms with van der Waals surface area (Å²) in [5.74, 6) is -0.240. The van der Waals surface area contributed by atoms with Gasteiger partial charge in [0.15, 0.2) is 0 Å². The second-order valence-electron chi connectivity index (χ2n) is 8.57. The molecule has 1 N–H and O–H groups in total. The minimum absolute atomic E-state index is 0.128. The van der Waals surface area contributed by atoms with E-state index >= 15 is 0 Å². The quantitative estimate of drug-likeness (QED) is 0.680. The first-order valence-electron chi connectivity index (χ1n) is 11.2. The SMILES string of the molecule is CC[C@@H](NC(=O)c1cc(S(=O)(=O)N2CCCCCC2)ccc1C)c1ccc(C)c(C)c1. The van der Waals surface area contributed by atoms with Gasteiger partial charge in [-0.15, -0.1) is 0 Å². The number of nitrogens with zero attached hydrogens (tertiary/aromatic N) is 1. The molecule has 0 radical (unpaired) electrons. The van der Waals surface area contributed by atoms with Crippen LogP contribution in [-0.2, 0) is 10.0 Å². The molecule has 2 aromatic carbocycles. The van der Waals surface area contributed by atoms with E-state index < -0.39 is 10.0 Å². The van der Waals surface area contributed by atoms with Gasteiger partial charge in [0, 0.05) is 18.7 Å². The predicted octanol–water partition coefficient (Wildman–Crippen LogP) is 5.06. The summed E-state index contributed by atoms with van der Waals surface area (Å²) in [4.78, 5) is 13.3. The maximum absolute atomic E-state index is 13.2. The maximum atomic E-state index is 13.2. The summed E-state index contributed by atoms with van der Waals surface area (Å²) in [6.45, 7) is 9.10. The molecule has 0 aromatic heterocycles. The molecule has 1 saturated heterocycles. The van der Waals surface area contributed by atoms with Crippen LogP contribution in [0.15, 0.2) is 41.3 Å². The third-order valence-electron chi connectivity index (χ3n) is 6.30. The molecular formula is C25H34N2O3S. The lowest BCUT2D eigenvalue weighted by Crippen LogP contribution is -2.32. The number of carbonyl (C=O) groups is 1. The van der Waals surface area contributed by atoms with Crippen LogP contribution in [0.5, 0.6) is 0 Å². The molecule has 31 heavy (non-hydrogen) atoms. The second kappa shape index (κ2) is 9.96. The third-order valence-corrected chi connectivity index (χ3v) is 8.20. The molecular weight excluding hydrogens is 408 g/mol. The van der Waals surface area contributed by atoms with Gasteiger partial charge in [-0.1, -0.05) is 44.0 Å². The molecule has 1 heterocycles. The minimum Gasteiger partial charge on any atom is -0.345 e. The average Bonchev–Trinajstić information content (AvgIpc) is 3.04. The van der Waals surface area contributed by atoms with Crippen molar-refractivity contribution in [2.45, 2.75) is 70.7 Å². The standard InChI is InChI=1S/C25H34N2O3S/c1-5-24(21-12-10-18(2)20(4)16-21)26-25(28)23-17-22(13-11-19(23)3)31(29,30)27-14-8-6-7-9-15-27/h10-13,16-17,24H,5-9,14-15H2,1-4H3,(H,26,28)/t24-/m1/s1. The van der Waals surface area contributed by atoms with E-state index in [9.17, 15) is 13.2 Å². The van der Waals surface area contributed by atoms with Crippen LogP contribution in [0.4, 0.5) is 0 Å². The topological polar surface area (TPSA) is 66.5 Å². The Morgan fingerprint density at radius 1 is 0.935 bits per heavy atom. The van der Waals surface area contributed by atoms with E-state index in [0.29, 0.717) is 18.7 Å². The van der Waals surface area contributed by atoms with Gasteiger partial charge in [-0.05, 0) is 74.4 Å². The van der Waals surface area contributed by atoms with Crippen LogP contribution in [0.25, 0.3) is 0 Å². The fourth-order valence-electron chi connectivity index (χ4n) is 4.08. The lowest BCUT2D eigenvalue weighted by atomic mass is 9.99. The molecule has 0 bridgehead atoms. The Morgan fingerprint density at radius 3 is 2.19 bits per heavy atom. The molecule has 1 aliphatic heterocycles. The first-order chi connectivity index (χ1) is 14.7. The van der Waals surface area contributed by atoms with Crippen LogP contribution in [0.3, 0.4) is 0 Å². The van der Waals surface area contributed by atoms with E-state index in [-0.39, 0.29) is 16.8 Å². The summed E-state index contributed by atoms with van der Waals surface area (Å²) >= 11 is 0. The number of nitrogens with one attached hydrogen (secondary N) is 1. The zero-order valence-corrected chi connectivity index (χ0v) is 19.9. The Labute approximate surface area is 186 Å². The highest BCUT2D eigenvalue weighted by Gasteiger charge is 2.27. The van der Waals surface area contributed by atoms with Crippen molar-refractivity contribution in [3.63, 3.8) is 0 Å². The summed E-state index contributed by atoms with van der Waals surface area (Å²) < 4.78 is 27.9. The molecule has 5 nitrogen and oxygen atoms in total. The molecule has 1 amide bonds. The zero-order valence-electron chi connectivity index (χ0n) is 19.1. The summed E-state index contributed by atoms with van der Waals surface area (Å²) in [6.07, 6.45) is 4.63. The Hall–Kier alpha value is -2.18. The molecule has 0 spiro atoms. The summed E-state index contributed by atoms with van der Waals surface area (Å²) in [5.41, 5.74) is 4.64. The smallest absolute Gasteiger partial charge is 0.252 e. The van der Waals surface area contributed by atoms with Crippen LogP contribution in [0, 0.1) is 20.8 Å². The number of carbonyl (C=O) groups excluding carboxylic acids is 1. The van der Waals surface area contributed by atoms with Crippen LogP contribution in [0.2, 0.25) is 0 Å². The van der Waals surface area contributed by atoms with E-state index in [0.717, 1.165) is 43.2 Å². The lowest BCUT2D eigenvalue weighted by molar-refractivity contribution is 0.0934. The Morgan fingerprint density at radius 2 is 1.58 bits per heavy atom. The molecule has 1 fully saturated rings. The molecule has 2 aromatic rings. The van der Waals surface area contributed by atoms with Crippen molar-refractivity contribution in [2.24, 2.45) is 0 Å². The van der Waals surface area contributed by atoms with Crippen molar-refractivity contribution in [1.29, 1.82) is 0 Å². The summed E-state index contributed by atoms with van der Waals surface area (Å²) in [7, 11) is -3.60. The largest absolute Gasteiger partial charge is 0.345 e. The van der Waals surface area contributed by atoms with Gasteiger partial charge >= 0.3 is 0 Å². The van der Waals surface area contributed by atoms with Crippen LogP contribution < -0.4 is 5.32 Å². The number of hydrogen-bond donors (Lipinski definition) is 1. The molecule has 1 aliphatic rings. The molecule has 6 heteroatoms. The van der Waals surface area contributed by atoms with E-state index in [2.05, 4.69) is 31.3 Å². The highest BCUT2D eigenvalue weighted by Crippen LogP contribution is 2.24. The predicted molar refractivity (Wildman–Crippen MR) is 125 cm³/mol. The lowest BCUT2D eigenvalue weighted by Gasteiger charge is -2.22. The van der Waals surface area contributed by atoms with Gasteiger partial charge in [-0.25, -0.2) is 8.42 Å². The zero-order chi connectivity index (χ0) is 22.6. The van der Waals surface area contributed by atoms with E-state index in [1.165, 1.54) is 17.2 Å². The first-order valence-corrected chi connectivity index (χ1v) is 12.7. The van der Waals surface area contributed by atoms with E-state index in [1.807, 2.05) is 19.9 Å². The van der Waals surface area contributed by atoms with Crippen LogP contribution in [0.1, 0.15) is 77.7 Å². The van der Waals surface area contributed by atoms with E-state index in [1.54, 1.807) is 16.4 Å². The monoisotopic (exact) mass is 442 g/mol. The first kappa shape index (κ1) is 23.5. The van der Waals surface area contributed by atoms with Gasteiger partial charge in [-0.3, -0.25) is 4.79 Å². The second-order valence-corrected chi connectivity index (χ2v) is 10.5. The molecule has 0 saturated carbocycles. The van der Waals surface area contributed by atoms with Crippen LogP contribution >= 0.6 is 0 Å². The van der Waals surface area contributed by atoms with Gasteiger partial charge in [0.25, 0.3) is 5.91 Å². The van der Waals surface area contributed by atoms with Crippen molar-refractivity contribution < 1.29 is 13.2 Å². The van der Waals surface area contributed by atoms with Gasteiger partial charge < -0.3 is 5.32 Å². The number of hydrogen-bond acceptors (Lipinski definition) is 3. The fraction of sp³-hybridized carbons (Fsp3) is 0.480.